The highest BCUT2D eigenvalue weighted by atomic mass is 16.3. The maximum Gasteiger partial charge on any atom is 0.270 e. The van der Waals surface area contributed by atoms with Crippen LogP contribution in [0.25, 0.3) is 0 Å². The lowest BCUT2D eigenvalue weighted by Gasteiger charge is -2.22. The van der Waals surface area contributed by atoms with Crippen molar-refractivity contribution in [3.8, 4) is 0 Å². The van der Waals surface area contributed by atoms with Crippen LogP contribution in [0.1, 0.15) is 40.9 Å². The molecule has 2 N–H and O–H groups in total. The number of hydrogen-bond acceptors (Lipinski definition) is 4. The lowest BCUT2D eigenvalue weighted by atomic mass is 10.3. The van der Waals surface area contributed by atoms with Crippen LogP contribution in [0.5, 0.6) is 0 Å². The Bertz CT molecular complexity index is 748. The quantitative estimate of drug-likeness (QED) is 0.874. The Morgan fingerprint density at radius 3 is 2.92 bits per heavy atom. The minimum atomic E-state index is -0.542. The number of β-amino-alcohol motifs (C(OH)–C–C–N with tert-alkyl or cyclic N) is 1. The van der Waals surface area contributed by atoms with E-state index in [1.807, 2.05) is 31.5 Å². The van der Waals surface area contributed by atoms with Crippen LogP contribution in [0.4, 0.5) is 0 Å². The molecule has 0 bridgehead atoms. The summed E-state index contributed by atoms with van der Waals surface area (Å²) in [5.74, 6) is 0.915. The van der Waals surface area contributed by atoms with Gasteiger partial charge in [0.25, 0.3) is 5.91 Å². The minimum Gasteiger partial charge on any atom is -0.390 e. The zero-order valence-corrected chi connectivity index (χ0v) is 14.6. The predicted octanol–water partition coefficient (Wildman–Crippen LogP) is 1.17. The lowest BCUT2D eigenvalue weighted by Crippen LogP contribution is -2.38. The second-order valence-corrected chi connectivity index (χ2v) is 7.17. The van der Waals surface area contributed by atoms with E-state index in [0.29, 0.717) is 32.2 Å². The van der Waals surface area contributed by atoms with Gasteiger partial charge < -0.3 is 19.6 Å². The highest BCUT2D eigenvalue weighted by molar-refractivity contribution is 5.93. The Hall–Kier alpha value is -2.12. The normalized spacial score (nSPS) is 22.2. The molecule has 2 aliphatic rings. The van der Waals surface area contributed by atoms with Gasteiger partial charge in [0, 0.05) is 56.9 Å². The van der Waals surface area contributed by atoms with Crippen molar-refractivity contribution in [3.63, 3.8) is 0 Å². The molecule has 0 unspecified atom stereocenters. The van der Waals surface area contributed by atoms with Gasteiger partial charge in [0.2, 0.25) is 0 Å². The van der Waals surface area contributed by atoms with Crippen LogP contribution in [0, 0.1) is 6.92 Å². The number of aromatic nitrogens is 3. The van der Waals surface area contributed by atoms with Gasteiger partial charge in [-0.15, -0.1) is 0 Å². The van der Waals surface area contributed by atoms with Crippen LogP contribution in [0.2, 0.25) is 0 Å². The van der Waals surface area contributed by atoms with E-state index < -0.39 is 6.10 Å². The summed E-state index contributed by atoms with van der Waals surface area (Å²) >= 11 is 0. The van der Waals surface area contributed by atoms with Crippen LogP contribution in [0.3, 0.4) is 0 Å². The average molecular weight is 343 g/mol. The Morgan fingerprint density at radius 2 is 2.20 bits per heavy atom. The van der Waals surface area contributed by atoms with Gasteiger partial charge in [-0.05, 0) is 31.9 Å². The number of aliphatic hydroxyl groups is 1. The fourth-order valence-corrected chi connectivity index (χ4v) is 3.58. The number of imidazole rings is 1. The monoisotopic (exact) mass is 343 g/mol. The van der Waals surface area contributed by atoms with E-state index in [0.717, 1.165) is 36.6 Å². The molecule has 0 aromatic carbocycles. The summed E-state index contributed by atoms with van der Waals surface area (Å²) in [6, 6.07) is 4.31. The number of amides is 1. The Morgan fingerprint density at radius 1 is 1.36 bits per heavy atom. The number of aromatic amines is 1. The summed E-state index contributed by atoms with van der Waals surface area (Å²) in [6.07, 6.45) is 5.58. The third-order valence-electron chi connectivity index (χ3n) is 4.96. The molecule has 1 saturated heterocycles. The molecule has 1 atom stereocenters. The van der Waals surface area contributed by atoms with Crippen molar-refractivity contribution in [1.82, 2.24) is 24.3 Å². The molecular weight excluding hydrogens is 318 g/mol. The fraction of sp³-hybridized carbons (Fsp3) is 0.556. The van der Waals surface area contributed by atoms with E-state index in [2.05, 4.69) is 19.4 Å². The predicted molar refractivity (Wildman–Crippen MR) is 93.2 cm³/mol. The van der Waals surface area contributed by atoms with Crippen LogP contribution < -0.4 is 0 Å². The molecule has 1 aliphatic heterocycles. The Labute approximate surface area is 147 Å². The summed E-state index contributed by atoms with van der Waals surface area (Å²) in [4.78, 5) is 24.3. The van der Waals surface area contributed by atoms with Gasteiger partial charge in [0.15, 0.2) is 0 Å². The molecule has 2 fully saturated rings. The van der Waals surface area contributed by atoms with Crippen molar-refractivity contribution in [2.45, 2.75) is 38.5 Å². The average Bonchev–Trinajstić information content (AvgIpc) is 3.22. The number of rotatable bonds is 4. The summed E-state index contributed by atoms with van der Waals surface area (Å²) in [7, 11) is 0. The second-order valence-electron chi connectivity index (χ2n) is 7.17. The Kier molecular flexibility index (Phi) is 4.35. The summed E-state index contributed by atoms with van der Waals surface area (Å²) in [5.41, 5.74) is 1.78. The Balaban J connectivity index is 1.43. The molecule has 0 radical (unpaired) electrons. The lowest BCUT2D eigenvalue weighted by molar-refractivity contribution is 0.0652. The van der Waals surface area contributed by atoms with E-state index in [-0.39, 0.29) is 5.91 Å². The van der Waals surface area contributed by atoms with Crippen LogP contribution in [-0.2, 0) is 6.54 Å². The van der Waals surface area contributed by atoms with Crippen molar-refractivity contribution in [3.05, 3.63) is 41.7 Å². The van der Waals surface area contributed by atoms with Crippen molar-refractivity contribution >= 4 is 5.91 Å². The van der Waals surface area contributed by atoms with Gasteiger partial charge in [0.1, 0.15) is 11.5 Å². The largest absolute Gasteiger partial charge is 0.390 e. The van der Waals surface area contributed by atoms with Crippen LogP contribution >= 0.6 is 0 Å². The van der Waals surface area contributed by atoms with Gasteiger partial charge in [0.05, 0.1) is 6.10 Å². The first-order valence-corrected chi connectivity index (χ1v) is 8.97. The number of carbonyl (C=O) groups excluding carboxylic acids is 1. The SMILES string of the molecule is Cc1ncc(CN2CCN(C(=O)c3cccn3C3CC3)C[C@@H](O)C2)[nH]1. The van der Waals surface area contributed by atoms with Gasteiger partial charge in [-0.2, -0.15) is 0 Å². The number of H-pyrrole nitrogens is 1. The molecule has 1 amide bonds. The molecule has 4 rings (SSSR count). The smallest absolute Gasteiger partial charge is 0.270 e. The standard InChI is InChI=1S/C18H25N5O2/c1-13-19-9-14(20-13)10-21-7-8-22(12-16(24)11-21)18(25)17-3-2-6-23(17)15-4-5-15/h2-3,6,9,15-16,24H,4-5,7-8,10-12H2,1H3,(H,19,20)/t16-/m0/s1. The molecule has 25 heavy (non-hydrogen) atoms. The minimum absolute atomic E-state index is 0.0233. The zero-order valence-electron chi connectivity index (χ0n) is 14.6. The summed E-state index contributed by atoms with van der Waals surface area (Å²) < 4.78 is 2.09. The maximum atomic E-state index is 12.9. The molecule has 7 nitrogen and oxygen atoms in total. The first-order valence-electron chi connectivity index (χ1n) is 8.97. The molecular formula is C18H25N5O2. The van der Waals surface area contributed by atoms with Gasteiger partial charge in [-0.25, -0.2) is 4.98 Å². The maximum absolute atomic E-state index is 12.9. The van der Waals surface area contributed by atoms with Crippen LogP contribution in [0.15, 0.2) is 24.5 Å². The van der Waals surface area contributed by atoms with Gasteiger partial charge in [-0.3, -0.25) is 9.69 Å². The molecule has 0 spiro atoms. The highest BCUT2D eigenvalue weighted by Crippen LogP contribution is 2.36. The van der Waals surface area contributed by atoms with Crippen molar-refractivity contribution < 1.29 is 9.90 Å². The molecule has 1 saturated carbocycles. The van der Waals surface area contributed by atoms with Crippen molar-refractivity contribution in [1.29, 1.82) is 0 Å². The molecule has 3 heterocycles. The topological polar surface area (TPSA) is 77.4 Å². The first-order chi connectivity index (χ1) is 12.1. The molecule has 2 aromatic rings. The van der Waals surface area contributed by atoms with Crippen LogP contribution in [-0.4, -0.2) is 67.6 Å². The molecule has 7 heteroatoms. The summed E-state index contributed by atoms with van der Waals surface area (Å²) in [6.45, 7) is 4.94. The fourth-order valence-electron chi connectivity index (χ4n) is 3.58. The molecule has 134 valence electrons. The number of nitrogens with zero attached hydrogens (tertiary/aromatic N) is 4. The van der Waals surface area contributed by atoms with E-state index in [4.69, 9.17) is 0 Å². The van der Waals surface area contributed by atoms with Crippen molar-refractivity contribution in [2.75, 3.05) is 26.2 Å². The number of carbonyl (C=O) groups is 1. The van der Waals surface area contributed by atoms with Gasteiger partial charge >= 0.3 is 0 Å². The van der Waals surface area contributed by atoms with E-state index >= 15 is 0 Å². The third-order valence-corrected chi connectivity index (χ3v) is 4.96. The summed E-state index contributed by atoms with van der Waals surface area (Å²) in [5, 5.41) is 10.4. The molecule has 2 aromatic heterocycles. The highest BCUT2D eigenvalue weighted by Gasteiger charge is 2.30. The third kappa shape index (κ3) is 3.62. The zero-order chi connectivity index (χ0) is 17.4. The number of aliphatic hydroxyl groups excluding tert-OH is 1. The first kappa shape index (κ1) is 16.4. The number of aryl methyl sites for hydroxylation is 1. The number of hydrogen-bond donors (Lipinski definition) is 2. The second kappa shape index (κ2) is 6.65. The molecule has 1 aliphatic carbocycles. The van der Waals surface area contributed by atoms with Crippen molar-refractivity contribution in [2.24, 2.45) is 0 Å². The van der Waals surface area contributed by atoms with E-state index in [1.165, 1.54) is 0 Å². The van der Waals surface area contributed by atoms with E-state index in [1.54, 1.807) is 4.90 Å². The van der Waals surface area contributed by atoms with E-state index in [9.17, 15) is 9.90 Å². The number of nitrogens with one attached hydrogen (secondary N) is 1. The van der Waals surface area contributed by atoms with Gasteiger partial charge in [-0.1, -0.05) is 0 Å².